The summed E-state index contributed by atoms with van der Waals surface area (Å²) in [5.41, 5.74) is 1.19. The summed E-state index contributed by atoms with van der Waals surface area (Å²) in [6.07, 6.45) is 11.1. The molecule has 2 heteroatoms. The van der Waals surface area contributed by atoms with Crippen molar-refractivity contribution in [2.45, 2.75) is 71.6 Å². The van der Waals surface area contributed by atoms with Crippen LogP contribution in [0.5, 0.6) is 0 Å². The van der Waals surface area contributed by atoms with Crippen molar-refractivity contribution in [1.82, 2.24) is 4.98 Å². The molecule has 0 aromatic carbocycles. The second-order valence-corrected chi connectivity index (χ2v) is 6.02. The zero-order valence-corrected chi connectivity index (χ0v) is 13.4. The lowest BCUT2D eigenvalue weighted by atomic mass is 9.83. The first-order valence-corrected chi connectivity index (χ1v) is 8.18. The molecular formula is C17H28ClN. The maximum atomic E-state index is 5.91. The summed E-state index contributed by atoms with van der Waals surface area (Å²) >= 11 is 5.91. The maximum absolute atomic E-state index is 5.91. The van der Waals surface area contributed by atoms with Crippen molar-refractivity contribution in [3.63, 3.8) is 0 Å². The van der Waals surface area contributed by atoms with Gasteiger partial charge in [0.15, 0.2) is 0 Å². The van der Waals surface area contributed by atoms with Crippen LogP contribution in [0.1, 0.15) is 77.3 Å². The first kappa shape index (κ1) is 16.5. The van der Waals surface area contributed by atoms with Gasteiger partial charge in [-0.1, -0.05) is 70.9 Å². The van der Waals surface area contributed by atoms with Crippen LogP contribution in [0.25, 0.3) is 0 Å². The van der Waals surface area contributed by atoms with Gasteiger partial charge in [-0.25, -0.2) is 0 Å². The lowest BCUT2D eigenvalue weighted by Gasteiger charge is -2.23. The third-order valence-corrected chi connectivity index (χ3v) is 4.24. The minimum Gasteiger partial charge on any atom is -0.259 e. The quantitative estimate of drug-likeness (QED) is 0.489. The van der Waals surface area contributed by atoms with E-state index in [4.69, 9.17) is 11.6 Å². The van der Waals surface area contributed by atoms with Crippen LogP contribution >= 0.6 is 11.6 Å². The van der Waals surface area contributed by atoms with Crippen molar-refractivity contribution >= 4 is 11.6 Å². The van der Waals surface area contributed by atoms with Crippen LogP contribution in [0.15, 0.2) is 18.3 Å². The molecule has 0 aliphatic rings. The second-order valence-electron chi connectivity index (χ2n) is 5.59. The van der Waals surface area contributed by atoms with Gasteiger partial charge in [-0.15, -0.1) is 0 Å². The summed E-state index contributed by atoms with van der Waals surface area (Å²) in [5.74, 6) is 1.30. The lowest BCUT2D eigenvalue weighted by molar-refractivity contribution is 0.363. The van der Waals surface area contributed by atoms with Crippen molar-refractivity contribution in [1.29, 1.82) is 0 Å². The summed E-state index contributed by atoms with van der Waals surface area (Å²) in [6, 6.07) is 4.04. The van der Waals surface area contributed by atoms with E-state index in [1.165, 1.54) is 50.6 Å². The van der Waals surface area contributed by atoms with Gasteiger partial charge in [0.2, 0.25) is 0 Å². The Bertz CT molecular complexity index is 334. The highest BCUT2D eigenvalue weighted by Gasteiger charge is 2.18. The molecule has 108 valence electrons. The number of nitrogens with zero attached hydrogens (tertiary/aromatic N) is 1. The van der Waals surface area contributed by atoms with E-state index in [1.807, 2.05) is 6.07 Å². The van der Waals surface area contributed by atoms with E-state index in [1.54, 1.807) is 6.20 Å². The Kier molecular flexibility index (Phi) is 8.13. The van der Waals surface area contributed by atoms with Crippen LogP contribution in [0, 0.1) is 5.92 Å². The van der Waals surface area contributed by atoms with Gasteiger partial charge < -0.3 is 0 Å². The zero-order valence-electron chi connectivity index (χ0n) is 12.7. The SMILES string of the molecule is CCCCCCC(CCC)C(C)c1ccc(Cl)cn1. The van der Waals surface area contributed by atoms with E-state index in [2.05, 4.69) is 31.8 Å². The summed E-state index contributed by atoms with van der Waals surface area (Å²) < 4.78 is 0. The highest BCUT2D eigenvalue weighted by Crippen LogP contribution is 2.31. The number of hydrogen-bond donors (Lipinski definition) is 0. The zero-order chi connectivity index (χ0) is 14.1. The highest BCUT2D eigenvalue weighted by atomic mass is 35.5. The predicted molar refractivity (Wildman–Crippen MR) is 84.8 cm³/mol. The average molecular weight is 282 g/mol. The number of pyridine rings is 1. The fourth-order valence-electron chi connectivity index (χ4n) is 2.75. The second kappa shape index (κ2) is 9.36. The Morgan fingerprint density at radius 3 is 2.42 bits per heavy atom. The molecule has 2 atom stereocenters. The predicted octanol–water partition coefficient (Wildman–Crippen LogP) is 6.23. The molecule has 1 nitrogen and oxygen atoms in total. The standard InChI is InChI=1S/C17H28ClN/c1-4-6-7-8-10-15(9-5-2)14(3)17-12-11-16(18)13-19-17/h11-15H,4-10H2,1-3H3. The van der Waals surface area contributed by atoms with Crippen LogP contribution in [0.2, 0.25) is 5.02 Å². The third kappa shape index (κ3) is 5.95. The molecule has 1 aromatic heterocycles. The normalized spacial score (nSPS) is 14.3. The fourth-order valence-corrected chi connectivity index (χ4v) is 2.86. The molecule has 0 aliphatic heterocycles. The largest absolute Gasteiger partial charge is 0.259 e. The summed E-state index contributed by atoms with van der Waals surface area (Å²) in [5, 5.41) is 0.728. The first-order valence-electron chi connectivity index (χ1n) is 7.80. The van der Waals surface area contributed by atoms with Crippen LogP contribution < -0.4 is 0 Å². The molecule has 0 aliphatic carbocycles. The highest BCUT2D eigenvalue weighted by molar-refractivity contribution is 6.30. The topological polar surface area (TPSA) is 12.9 Å². The summed E-state index contributed by atoms with van der Waals surface area (Å²) in [4.78, 5) is 4.49. The Morgan fingerprint density at radius 1 is 1.05 bits per heavy atom. The molecule has 19 heavy (non-hydrogen) atoms. The van der Waals surface area contributed by atoms with E-state index in [-0.39, 0.29) is 0 Å². The Hall–Kier alpha value is -0.560. The number of hydrogen-bond acceptors (Lipinski definition) is 1. The molecule has 0 fully saturated rings. The third-order valence-electron chi connectivity index (χ3n) is 4.01. The smallest absolute Gasteiger partial charge is 0.0589 e. The average Bonchev–Trinajstić information content (AvgIpc) is 2.42. The van der Waals surface area contributed by atoms with Gasteiger partial charge >= 0.3 is 0 Å². The molecule has 0 amide bonds. The van der Waals surface area contributed by atoms with Crippen LogP contribution in [-0.4, -0.2) is 4.98 Å². The minimum atomic E-state index is 0.541. The molecular weight excluding hydrogens is 254 g/mol. The van der Waals surface area contributed by atoms with E-state index in [9.17, 15) is 0 Å². The number of aromatic nitrogens is 1. The first-order chi connectivity index (χ1) is 9.19. The molecule has 1 aromatic rings. The lowest BCUT2D eigenvalue weighted by Crippen LogP contribution is -2.11. The van der Waals surface area contributed by atoms with Crippen LogP contribution in [0.3, 0.4) is 0 Å². The van der Waals surface area contributed by atoms with E-state index >= 15 is 0 Å². The van der Waals surface area contributed by atoms with Crippen molar-refractivity contribution < 1.29 is 0 Å². The Morgan fingerprint density at radius 2 is 1.84 bits per heavy atom. The van der Waals surface area contributed by atoms with Crippen molar-refractivity contribution in [2.24, 2.45) is 5.92 Å². The van der Waals surface area contributed by atoms with Crippen LogP contribution in [0.4, 0.5) is 0 Å². The fraction of sp³-hybridized carbons (Fsp3) is 0.706. The molecule has 1 heterocycles. The summed E-state index contributed by atoms with van der Waals surface area (Å²) in [6.45, 7) is 6.86. The Balaban J connectivity index is 2.56. The van der Waals surface area contributed by atoms with Gasteiger partial charge in [-0.3, -0.25) is 4.98 Å². The molecule has 1 rings (SSSR count). The van der Waals surface area contributed by atoms with Gasteiger partial charge in [0.25, 0.3) is 0 Å². The minimum absolute atomic E-state index is 0.541. The van der Waals surface area contributed by atoms with Crippen molar-refractivity contribution in [2.75, 3.05) is 0 Å². The van der Waals surface area contributed by atoms with Gasteiger partial charge in [-0.05, 0) is 24.5 Å². The van der Waals surface area contributed by atoms with Gasteiger partial charge in [0.05, 0.1) is 5.02 Å². The van der Waals surface area contributed by atoms with E-state index < -0.39 is 0 Å². The van der Waals surface area contributed by atoms with Gasteiger partial charge in [0, 0.05) is 17.8 Å². The molecule has 2 unspecified atom stereocenters. The van der Waals surface area contributed by atoms with Gasteiger partial charge in [-0.2, -0.15) is 0 Å². The van der Waals surface area contributed by atoms with Crippen molar-refractivity contribution in [3.8, 4) is 0 Å². The molecule has 0 N–H and O–H groups in total. The molecule has 0 spiro atoms. The maximum Gasteiger partial charge on any atom is 0.0589 e. The molecule has 0 radical (unpaired) electrons. The van der Waals surface area contributed by atoms with Gasteiger partial charge in [0.1, 0.15) is 0 Å². The van der Waals surface area contributed by atoms with E-state index in [0.717, 1.165) is 10.9 Å². The monoisotopic (exact) mass is 281 g/mol. The molecule has 0 saturated carbocycles. The number of rotatable bonds is 9. The molecule has 0 saturated heterocycles. The molecule has 0 bridgehead atoms. The van der Waals surface area contributed by atoms with E-state index in [0.29, 0.717) is 5.92 Å². The number of unbranched alkanes of at least 4 members (excludes halogenated alkanes) is 3. The summed E-state index contributed by atoms with van der Waals surface area (Å²) in [7, 11) is 0. The van der Waals surface area contributed by atoms with Crippen molar-refractivity contribution in [3.05, 3.63) is 29.0 Å². The van der Waals surface area contributed by atoms with Crippen LogP contribution in [-0.2, 0) is 0 Å². The number of halogens is 1. The Labute approximate surface area is 123 Å².